The predicted octanol–water partition coefficient (Wildman–Crippen LogP) is 9.01. The average molecular weight is 570 g/mol. The van der Waals surface area contributed by atoms with E-state index in [-0.39, 0.29) is 17.5 Å². The summed E-state index contributed by atoms with van der Waals surface area (Å²) in [6.07, 6.45) is 0. The Hall–Kier alpha value is -3.41. The molecule has 2 nitrogen and oxygen atoms in total. The maximum absolute atomic E-state index is 6.73. The van der Waals surface area contributed by atoms with Gasteiger partial charge in [0.1, 0.15) is 11.2 Å². The summed E-state index contributed by atoms with van der Waals surface area (Å²) in [6, 6.07) is 31.4. The fourth-order valence-electron chi connectivity index (χ4n) is 6.42. The number of nitrogens with zero attached hydrogens (tertiary/aromatic N) is 1. The van der Waals surface area contributed by atoms with E-state index in [9.17, 15) is 0 Å². The van der Waals surface area contributed by atoms with Crippen molar-refractivity contribution < 1.29 is 4.42 Å². The highest BCUT2D eigenvalue weighted by Crippen LogP contribution is 2.49. The molecular formula is C36H32BNOS2. The van der Waals surface area contributed by atoms with Crippen molar-refractivity contribution in [1.82, 2.24) is 0 Å². The number of thiophene rings is 1. The van der Waals surface area contributed by atoms with Gasteiger partial charge in [0.05, 0.1) is 9.70 Å². The summed E-state index contributed by atoms with van der Waals surface area (Å²) in [7, 11) is 0. The molecule has 0 bridgehead atoms. The van der Waals surface area contributed by atoms with Gasteiger partial charge >= 0.3 is 0 Å². The summed E-state index contributed by atoms with van der Waals surface area (Å²) in [6.45, 7) is 14.0. The van der Waals surface area contributed by atoms with Crippen molar-refractivity contribution in [2.75, 3.05) is 4.90 Å². The molecule has 0 fully saturated rings. The SMILES string of the molecule is CC(C)(C)c1ccc2c(c1)Sc1cc(C(C)(C)C)cc3c1B2c1c(sc2c1oc1ccccc12)N3c1ccccc1. The first kappa shape index (κ1) is 25.3. The lowest BCUT2D eigenvalue weighted by atomic mass is 9.35. The average Bonchev–Trinajstić information content (AvgIpc) is 3.48. The van der Waals surface area contributed by atoms with Gasteiger partial charge in [-0.3, -0.25) is 0 Å². The largest absolute Gasteiger partial charge is 0.456 e. The molecule has 0 radical (unpaired) electrons. The molecule has 5 heteroatoms. The Morgan fingerprint density at radius 3 is 2.17 bits per heavy atom. The lowest BCUT2D eigenvalue weighted by Crippen LogP contribution is -2.59. The molecule has 8 rings (SSSR count). The summed E-state index contributed by atoms with van der Waals surface area (Å²) in [5, 5.41) is 2.46. The molecule has 2 aliphatic heterocycles. The monoisotopic (exact) mass is 569 g/mol. The minimum atomic E-state index is 0.0248. The normalized spacial score (nSPS) is 14.4. The fraction of sp³-hybridized carbons (Fsp3) is 0.222. The first-order valence-corrected chi connectivity index (χ1v) is 16.0. The number of furan rings is 1. The van der Waals surface area contributed by atoms with Gasteiger partial charge in [0.25, 0.3) is 6.71 Å². The molecule has 0 saturated heterocycles. The molecule has 4 heterocycles. The highest BCUT2D eigenvalue weighted by molar-refractivity contribution is 8.00. The summed E-state index contributed by atoms with van der Waals surface area (Å²) >= 11 is 3.81. The van der Waals surface area contributed by atoms with Crippen molar-refractivity contribution in [2.24, 2.45) is 0 Å². The van der Waals surface area contributed by atoms with E-state index in [0.29, 0.717) is 0 Å². The maximum atomic E-state index is 6.73. The molecule has 0 saturated carbocycles. The van der Waals surface area contributed by atoms with Crippen molar-refractivity contribution in [3.63, 3.8) is 0 Å². The Balaban J connectivity index is 1.51. The number of fused-ring (bicyclic) bond motifs is 8. The number of hydrogen-bond acceptors (Lipinski definition) is 4. The molecule has 2 aliphatic rings. The van der Waals surface area contributed by atoms with Gasteiger partial charge in [-0.25, -0.2) is 0 Å². The molecule has 2 aromatic heterocycles. The topological polar surface area (TPSA) is 16.4 Å². The van der Waals surface area contributed by atoms with Crippen LogP contribution in [0.1, 0.15) is 52.7 Å². The third-order valence-electron chi connectivity index (χ3n) is 8.66. The fourth-order valence-corrected chi connectivity index (χ4v) is 9.00. The smallest absolute Gasteiger partial charge is 0.255 e. The molecule has 0 amide bonds. The number of anilines is 3. The molecule has 0 spiro atoms. The van der Waals surface area contributed by atoms with E-state index >= 15 is 0 Å². The zero-order chi connectivity index (χ0) is 28.3. The highest BCUT2D eigenvalue weighted by atomic mass is 32.2. The van der Waals surface area contributed by atoms with Crippen LogP contribution in [-0.4, -0.2) is 6.71 Å². The van der Waals surface area contributed by atoms with Crippen molar-refractivity contribution in [1.29, 1.82) is 0 Å². The van der Waals surface area contributed by atoms with Gasteiger partial charge in [0.15, 0.2) is 0 Å². The van der Waals surface area contributed by atoms with Gasteiger partial charge in [-0.15, -0.1) is 11.3 Å². The number of para-hydroxylation sites is 2. The van der Waals surface area contributed by atoms with Crippen molar-refractivity contribution in [2.45, 2.75) is 62.2 Å². The zero-order valence-corrected chi connectivity index (χ0v) is 26.0. The van der Waals surface area contributed by atoms with Gasteiger partial charge < -0.3 is 9.32 Å². The Morgan fingerprint density at radius 1 is 0.707 bits per heavy atom. The van der Waals surface area contributed by atoms with Crippen LogP contribution in [0.2, 0.25) is 0 Å². The quantitative estimate of drug-likeness (QED) is 0.184. The minimum Gasteiger partial charge on any atom is -0.456 e. The van der Waals surface area contributed by atoms with Crippen LogP contribution in [0.3, 0.4) is 0 Å². The Morgan fingerprint density at radius 2 is 1.41 bits per heavy atom. The Kier molecular flexibility index (Phi) is 5.29. The number of hydrogen-bond donors (Lipinski definition) is 0. The third-order valence-corrected chi connectivity index (χ3v) is 11.0. The van der Waals surface area contributed by atoms with Gasteiger partial charge in [-0.05, 0) is 69.9 Å². The summed E-state index contributed by atoms with van der Waals surface area (Å²) < 4.78 is 7.97. The van der Waals surface area contributed by atoms with Gasteiger partial charge in [-0.2, -0.15) is 0 Å². The van der Waals surface area contributed by atoms with Crippen molar-refractivity contribution >= 4 is 83.8 Å². The maximum Gasteiger partial charge on any atom is 0.255 e. The first-order chi connectivity index (χ1) is 19.6. The molecule has 41 heavy (non-hydrogen) atoms. The molecule has 4 aromatic carbocycles. The summed E-state index contributed by atoms with van der Waals surface area (Å²) in [5.74, 6) is 0. The van der Waals surface area contributed by atoms with Crippen molar-refractivity contribution in [3.05, 3.63) is 96.1 Å². The molecule has 202 valence electrons. The van der Waals surface area contributed by atoms with E-state index in [4.69, 9.17) is 4.42 Å². The summed E-state index contributed by atoms with van der Waals surface area (Å²) in [5.41, 5.74) is 11.4. The van der Waals surface area contributed by atoms with E-state index in [0.717, 1.165) is 11.2 Å². The van der Waals surface area contributed by atoms with Crippen LogP contribution >= 0.6 is 23.1 Å². The highest BCUT2D eigenvalue weighted by Gasteiger charge is 2.45. The third kappa shape index (κ3) is 3.71. The second-order valence-electron chi connectivity index (χ2n) is 13.4. The lowest BCUT2D eigenvalue weighted by Gasteiger charge is -2.39. The van der Waals surface area contributed by atoms with Crippen LogP contribution in [0.5, 0.6) is 0 Å². The van der Waals surface area contributed by atoms with Gasteiger partial charge in [-0.1, -0.05) is 101 Å². The lowest BCUT2D eigenvalue weighted by molar-refractivity contribution is 0.589. The van der Waals surface area contributed by atoms with E-state index in [1.54, 1.807) is 0 Å². The molecule has 0 N–H and O–H groups in total. The second-order valence-corrected chi connectivity index (χ2v) is 15.5. The van der Waals surface area contributed by atoms with Gasteiger partial charge in [0.2, 0.25) is 0 Å². The number of rotatable bonds is 1. The van der Waals surface area contributed by atoms with Crippen molar-refractivity contribution in [3.8, 4) is 0 Å². The number of benzene rings is 4. The van der Waals surface area contributed by atoms with E-state index < -0.39 is 0 Å². The van der Waals surface area contributed by atoms with Crippen LogP contribution in [0, 0.1) is 0 Å². The predicted molar refractivity (Wildman–Crippen MR) is 179 cm³/mol. The van der Waals surface area contributed by atoms with Crippen LogP contribution in [-0.2, 0) is 10.8 Å². The standard InChI is InChI=1S/C36H32BNOS2/c1-35(2,3)21-16-17-25-28(19-21)40-29-20-22(36(4,5)6)18-26-30(29)37(25)31-32-33(24-14-10-11-15-27(24)39-32)41-34(31)38(26)23-12-8-7-9-13-23/h7-20H,1-6H3. The minimum absolute atomic E-state index is 0.0248. The Labute approximate surface area is 250 Å². The van der Waals surface area contributed by atoms with E-state index in [1.807, 2.05) is 23.1 Å². The first-order valence-electron chi connectivity index (χ1n) is 14.4. The van der Waals surface area contributed by atoms with Gasteiger partial charge in [0, 0.05) is 32.0 Å². The van der Waals surface area contributed by atoms with E-state index in [2.05, 4.69) is 131 Å². The second kappa shape index (κ2) is 8.56. The Bertz CT molecular complexity index is 2010. The van der Waals surface area contributed by atoms with E-state index in [1.165, 1.54) is 63.8 Å². The molecule has 0 aliphatic carbocycles. The van der Waals surface area contributed by atoms with Crippen LogP contribution in [0.4, 0.5) is 16.4 Å². The molecule has 0 atom stereocenters. The summed E-state index contributed by atoms with van der Waals surface area (Å²) in [4.78, 5) is 5.23. The molecular weight excluding hydrogens is 537 g/mol. The van der Waals surface area contributed by atoms with Crippen LogP contribution in [0.25, 0.3) is 21.3 Å². The molecule has 0 unspecified atom stereocenters. The van der Waals surface area contributed by atoms with Crippen LogP contribution < -0.4 is 21.3 Å². The zero-order valence-electron chi connectivity index (χ0n) is 24.3. The molecule has 6 aromatic rings. The van der Waals surface area contributed by atoms with Crippen LogP contribution in [0.15, 0.2) is 99.1 Å².